The van der Waals surface area contributed by atoms with Crippen molar-refractivity contribution in [2.45, 2.75) is 13.3 Å². The first-order chi connectivity index (χ1) is 15.5. The van der Waals surface area contributed by atoms with Crippen molar-refractivity contribution in [1.29, 1.82) is 0 Å². The quantitative estimate of drug-likeness (QED) is 0.319. The number of esters is 1. The summed E-state index contributed by atoms with van der Waals surface area (Å²) in [6.07, 6.45) is 1.76. The molecule has 0 bridgehead atoms. The first-order valence-corrected chi connectivity index (χ1v) is 10.0. The number of methoxy groups -OCH3 is 2. The average Bonchev–Trinajstić information content (AvgIpc) is 3.10. The van der Waals surface area contributed by atoms with Gasteiger partial charge in [0, 0.05) is 11.6 Å². The number of Topliss-reactive ketones (excluding diaryl/α,β-unsaturated/α-hetero) is 1. The molecule has 1 aliphatic rings. The molecule has 3 aromatic rings. The van der Waals surface area contributed by atoms with Crippen molar-refractivity contribution in [2.75, 3.05) is 14.2 Å². The summed E-state index contributed by atoms with van der Waals surface area (Å²) < 4.78 is 21.8. The maximum atomic E-state index is 12.9. The van der Waals surface area contributed by atoms with Crippen LogP contribution in [0.4, 0.5) is 0 Å². The molecule has 0 N–H and O–H groups in total. The Hall–Kier alpha value is -4.06. The minimum atomic E-state index is -0.413. The number of aryl methyl sites for hydroxylation is 1. The number of benzene rings is 3. The molecule has 0 radical (unpaired) electrons. The topological polar surface area (TPSA) is 71.1 Å². The van der Waals surface area contributed by atoms with Crippen molar-refractivity contribution in [2.24, 2.45) is 0 Å². The molecule has 0 unspecified atom stereocenters. The fraction of sp³-hybridized carbons (Fsp3) is 0.154. The van der Waals surface area contributed by atoms with Crippen LogP contribution in [0.25, 0.3) is 6.08 Å². The summed E-state index contributed by atoms with van der Waals surface area (Å²) >= 11 is 0. The van der Waals surface area contributed by atoms with Gasteiger partial charge in [0.15, 0.2) is 5.76 Å². The van der Waals surface area contributed by atoms with Crippen LogP contribution in [0.3, 0.4) is 0 Å². The minimum absolute atomic E-state index is 0.110. The van der Waals surface area contributed by atoms with Crippen LogP contribution in [-0.4, -0.2) is 26.0 Å². The van der Waals surface area contributed by atoms with E-state index >= 15 is 0 Å². The molecule has 4 rings (SSSR count). The van der Waals surface area contributed by atoms with Crippen molar-refractivity contribution in [1.82, 2.24) is 0 Å². The van der Waals surface area contributed by atoms with Crippen molar-refractivity contribution in [3.8, 4) is 23.0 Å². The highest BCUT2D eigenvalue weighted by Crippen LogP contribution is 2.38. The number of fused-ring (bicyclic) bond motifs is 1. The zero-order valence-electron chi connectivity index (χ0n) is 18.0. The molecule has 0 fully saturated rings. The number of carbonyl (C=O) groups excluding carboxylic acids is 2. The summed E-state index contributed by atoms with van der Waals surface area (Å²) in [4.78, 5) is 25.3. The minimum Gasteiger partial charge on any atom is -0.497 e. The Kier molecular flexibility index (Phi) is 5.94. The Labute approximate surface area is 186 Å². The smallest absolute Gasteiger partial charge is 0.315 e. The van der Waals surface area contributed by atoms with Gasteiger partial charge < -0.3 is 18.9 Å². The molecule has 162 valence electrons. The van der Waals surface area contributed by atoms with E-state index in [0.29, 0.717) is 28.4 Å². The summed E-state index contributed by atoms with van der Waals surface area (Å²) in [5.74, 6) is 1.60. The van der Waals surface area contributed by atoms with Crippen molar-refractivity contribution < 1.29 is 28.5 Å². The molecular weight excluding hydrogens is 408 g/mol. The van der Waals surface area contributed by atoms with Crippen molar-refractivity contribution in [3.63, 3.8) is 0 Å². The fourth-order valence-corrected chi connectivity index (χ4v) is 3.54. The van der Waals surface area contributed by atoms with Crippen LogP contribution >= 0.6 is 0 Å². The third kappa shape index (κ3) is 4.34. The molecule has 1 heterocycles. The van der Waals surface area contributed by atoms with E-state index in [1.165, 1.54) is 0 Å². The first kappa shape index (κ1) is 21.2. The monoisotopic (exact) mass is 430 g/mol. The summed E-state index contributed by atoms with van der Waals surface area (Å²) in [6.45, 7) is 1.78. The average molecular weight is 430 g/mol. The van der Waals surface area contributed by atoms with E-state index in [1.54, 1.807) is 51.5 Å². The van der Waals surface area contributed by atoms with Gasteiger partial charge >= 0.3 is 5.97 Å². The van der Waals surface area contributed by atoms with Crippen LogP contribution in [0.1, 0.15) is 27.0 Å². The van der Waals surface area contributed by atoms with Gasteiger partial charge in [-0.15, -0.1) is 0 Å². The van der Waals surface area contributed by atoms with Gasteiger partial charge in [0.25, 0.3) is 0 Å². The lowest BCUT2D eigenvalue weighted by atomic mass is 10.0. The summed E-state index contributed by atoms with van der Waals surface area (Å²) in [5.41, 5.74) is 2.67. The van der Waals surface area contributed by atoms with E-state index in [2.05, 4.69) is 0 Å². The molecule has 0 spiro atoms. The molecule has 0 atom stereocenters. The predicted molar refractivity (Wildman–Crippen MR) is 119 cm³/mol. The Balaban J connectivity index is 1.52. The molecule has 0 aromatic heterocycles. The number of rotatable bonds is 6. The van der Waals surface area contributed by atoms with E-state index < -0.39 is 5.97 Å². The van der Waals surface area contributed by atoms with Crippen molar-refractivity contribution in [3.05, 3.63) is 88.7 Å². The molecule has 1 aliphatic heterocycles. The summed E-state index contributed by atoms with van der Waals surface area (Å²) in [5, 5.41) is 0. The largest absolute Gasteiger partial charge is 0.497 e. The van der Waals surface area contributed by atoms with Crippen molar-refractivity contribution >= 4 is 17.8 Å². The first-order valence-electron chi connectivity index (χ1n) is 10.0. The second-order valence-corrected chi connectivity index (χ2v) is 7.29. The Morgan fingerprint density at radius 3 is 2.44 bits per heavy atom. The number of carbonyl (C=O) groups is 2. The van der Waals surface area contributed by atoms with Crippen LogP contribution in [0.5, 0.6) is 23.0 Å². The van der Waals surface area contributed by atoms with Crippen LogP contribution in [0.2, 0.25) is 0 Å². The van der Waals surface area contributed by atoms with Gasteiger partial charge in [-0.3, -0.25) is 9.59 Å². The van der Waals surface area contributed by atoms with Gasteiger partial charge in [-0.2, -0.15) is 0 Å². The lowest BCUT2D eigenvalue weighted by Crippen LogP contribution is -2.11. The molecular formula is C26H22O6. The van der Waals surface area contributed by atoms with E-state index in [9.17, 15) is 9.59 Å². The van der Waals surface area contributed by atoms with E-state index in [4.69, 9.17) is 18.9 Å². The number of para-hydroxylation sites is 1. The SMILES string of the molecule is COc1ccc(CC(=O)Oc2cc(C)c3c(c2)O/C(=C\c2ccccc2OC)C3=O)cc1. The standard InChI is InChI=1S/C26H22O6/c1-16-12-20(31-24(27)13-17-8-10-19(29-2)11-9-17)15-22-25(16)26(28)23(32-22)14-18-6-4-5-7-21(18)30-3/h4-12,14-15H,13H2,1-3H3/b23-14-. The van der Waals surface area contributed by atoms with Gasteiger partial charge in [-0.25, -0.2) is 0 Å². The number of allylic oxidation sites excluding steroid dienone is 1. The van der Waals surface area contributed by atoms with Gasteiger partial charge in [-0.05, 0) is 48.4 Å². The highest BCUT2D eigenvalue weighted by atomic mass is 16.5. The van der Waals surface area contributed by atoms with E-state index in [-0.39, 0.29) is 18.0 Å². The number of ketones is 1. The molecule has 0 saturated heterocycles. The molecule has 6 heteroatoms. The Morgan fingerprint density at radius 2 is 1.72 bits per heavy atom. The molecule has 0 saturated carbocycles. The van der Waals surface area contributed by atoms with Gasteiger partial charge in [0.1, 0.15) is 23.0 Å². The highest BCUT2D eigenvalue weighted by molar-refractivity contribution is 6.15. The highest BCUT2D eigenvalue weighted by Gasteiger charge is 2.30. The molecule has 3 aromatic carbocycles. The number of hydrogen-bond acceptors (Lipinski definition) is 6. The van der Waals surface area contributed by atoms with Gasteiger partial charge in [0.2, 0.25) is 5.78 Å². The maximum absolute atomic E-state index is 12.9. The second kappa shape index (κ2) is 8.98. The zero-order valence-corrected chi connectivity index (χ0v) is 18.0. The zero-order chi connectivity index (χ0) is 22.7. The summed E-state index contributed by atoms with van der Waals surface area (Å²) in [7, 11) is 3.16. The number of hydrogen-bond donors (Lipinski definition) is 0. The molecule has 32 heavy (non-hydrogen) atoms. The third-order valence-corrected chi connectivity index (χ3v) is 5.11. The number of ether oxygens (including phenoxy) is 4. The Morgan fingerprint density at radius 1 is 0.969 bits per heavy atom. The third-order valence-electron chi connectivity index (χ3n) is 5.11. The normalized spacial score (nSPS) is 13.5. The van der Waals surface area contributed by atoms with Crippen LogP contribution in [-0.2, 0) is 11.2 Å². The molecule has 0 aliphatic carbocycles. The second-order valence-electron chi connectivity index (χ2n) is 7.29. The predicted octanol–water partition coefficient (Wildman–Crippen LogP) is 4.78. The van der Waals surface area contributed by atoms with Crippen LogP contribution in [0, 0.1) is 6.92 Å². The summed E-state index contributed by atoms with van der Waals surface area (Å²) in [6, 6.07) is 17.8. The van der Waals surface area contributed by atoms with Crippen LogP contribution in [0.15, 0.2) is 66.4 Å². The lowest BCUT2D eigenvalue weighted by Gasteiger charge is -2.08. The van der Waals surface area contributed by atoms with Gasteiger partial charge in [0.05, 0.1) is 26.2 Å². The fourth-order valence-electron chi connectivity index (χ4n) is 3.54. The van der Waals surface area contributed by atoms with Gasteiger partial charge in [-0.1, -0.05) is 30.3 Å². The lowest BCUT2D eigenvalue weighted by molar-refractivity contribution is -0.133. The molecule has 6 nitrogen and oxygen atoms in total. The van der Waals surface area contributed by atoms with Crippen LogP contribution < -0.4 is 18.9 Å². The molecule has 0 amide bonds. The Bertz CT molecular complexity index is 1210. The van der Waals surface area contributed by atoms with E-state index in [0.717, 1.165) is 16.9 Å². The van der Waals surface area contributed by atoms with E-state index in [1.807, 2.05) is 36.4 Å². The maximum Gasteiger partial charge on any atom is 0.315 e.